The molecule has 15 heavy (non-hydrogen) atoms. The third kappa shape index (κ3) is 1.75. The van der Waals surface area contributed by atoms with Crippen molar-refractivity contribution in [1.82, 2.24) is 5.32 Å². The van der Waals surface area contributed by atoms with E-state index >= 15 is 0 Å². The van der Waals surface area contributed by atoms with Gasteiger partial charge < -0.3 is 10.4 Å². The molecule has 0 fully saturated rings. The lowest BCUT2D eigenvalue weighted by molar-refractivity contribution is 0.0695. The Kier molecular flexibility index (Phi) is 2.73. The molecule has 0 bridgehead atoms. The number of rotatable bonds is 3. The first-order valence-corrected chi connectivity index (χ1v) is 5.32. The van der Waals surface area contributed by atoms with Gasteiger partial charge >= 0.3 is 5.97 Å². The fourth-order valence-electron chi connectivity index (χ4n) is 2.32. The Hall–Kier alpha value is -1.35. The van der Waals surface area contributed by atoms with Gasteiger partial charge in [-0.15, -0.1) is 0 Å². The Morgan fingerprint density at radius 1 is 1.60 bits per heavy atom. The van der Waals surface area contributed by atoms with Crippen LogP contribution in [0.15, 0.2) is 18.2 Å². The topological polar surface area (TPSA) is 49.3 Å². The highest BCUT2D eigenvalue weighted by Gasteiger charge is 2.26. The first kappa shape index (κ1) is 10.2. The quantitative estimate of drug-likeness (QED) is 0.793. The van der Waals surface area contributed by atoms with Crippen LogP contribution in [0, 0.1) is 0 Å². The molecule has 1 atom stereocenters. The average molecular weight is 205 g/mol. The van der Waals surface area contributed by atoms with Crippen LogP contribution < -0.4 is 5.32 Å². The molecule has 3 nitrogen and oxygen atoms in total. The number of benzene rings is 1. The lowest BCUT2D eigenvalue weighted by Gasteiger charge is -2.14. The van der Waals surface area contributed by atoms with Gasteiger partial charge in [-0.1, -0.05) is 19.1 Å². The maximum atomic E-state index is 11.1. The van der Waals surface area contributed by atoms with Gasteiger partial charge in [0, 0.05) is 6.04 Å². The summed E-state index contributed by atoms with van der Waals surface area (Å²) < 4.78 is 0. The number of aromatic carboxylic acids is 1. The van der Waals surface area contributed by atoms with E-state index in [4.69, 9.17) is 5.11 Å². The molecule has 1 aromatic carbocycles. The predicted molar refractivity (Wildman–Crippen MR) is 58.1 cm³/mol. The summed E-state index contributed by atoms with van der Waals surface area (Å²) in [6.07, 6.45) is 1.99. The van der Waals surface area contributed by atoms with Crippen molar-refractivity contribution in [2.75, 3.05) is 6.54 Å². The van der Waals surface area contributed by atoms with E-state index < -0.39 is 5.97 Å². The summed E-state index contributed by atoms with van der Waals surface area (Å²) in [7, 11) is 0. The molecule has 2 N–H and O–H groups in total. The third-order valence-electron chi connectivity index (χ3n) is 2.93. The molecule has 3 heteroatoms. The van der Waals surface area contributed by atoms with Crippen molar-refractivity contribution in [2.45, 2.75) is 25.8 Å². The van der Waals surface area contributed by atoms with Crippen molar-refractivity contribution in [3.8, 4) is 0 Å². The minimum Gasteiger partial charge on any atom is -0.478 e. The van der Waals surface area contributed by atoms with Crippen molar-refractivity contribution in [1.29, 1.82) is 0 Å². The average Bonchev–Trinajstić information content (AvgIpc) is 2.62. The zero-order valence-corrected chi connectivity index (χ0v) is 8.79. The first-order valence-electron chi connectivity index (χ1n) is 5.32. The minimum absolute atomic E-state index is 0.220. The van der Waals surface area contributed by atoms with Crippen LogP contribution in [-0.4, -0.2) is 17.6 Å². The van der Waals surface area contributed by atoms with E-state index in [-0.39, 0.29) is 6.04 Å². The third-order valence-corrected chi connectivity index (χ3v) is 2.93. The SMILES string of the molecule is CCNC1CCc2cccc(C(=O)O)c21. The van der Waals surface area contributed by atoms with Gasteiger partial charge in [-0.25, -0.2) is 4.79 Å². The van der Waals surface area contributed by atoms with Crippen LogP contribution >= 0.6 is 0 Å². The summed E-state index contributed by atoms with van der Waals surface area (Å²) in [5.74, 6) is -0.823. The Morgan fingerprint density at radius 3 is 3.07 bits per heavy atom. The lowest BCUT2D eigenvalue weighted by Crippen LogP contribution is -2.20. The molecule has 1 aliphatic rings. The van der Waals surface area contributed by atoms with E-state index in [2.05, 4.69) is 5.32 Å². The Labute approximate surface area is 89.1 Å². The highest BCUT2D eigenvalue weighted by Crippen LogP contribution is 2.33. The number of fused-ring (bicyclic) bond motifs is 1. The second-order valence-electron chi connectivity index (χ2n) is 3.83. The zero-order valence-electron chi connectivity index (χ0n) is 8.79. The second-order valence-corrected chi connectivity index (χ2v) is 3.83. The molecule has 2 rings (SSSR count). The molecular formula is C12H15NO2. The van der Waals surface area contributed by atoms with Crippen LogP contribution in [0.2, 0.25) is 0 Å². The molecule has 0 saturated carbocycles. The number of nitrogens with one attached hydrogen (secondary N) is 1. The summed E-state index contributed by atoms with van der Waals surface area (Å²) in [6.45, 7) is 2.92. The molecular weight excluding hydrogens is 190 g/mol. The molecule has 1 unspecified atom stereocenters. The Morgan fingerprint density at radius 2 is 2.40 bits per heavy atom. The number of carboxylic acid groups (broad SMARTS) is 1. The number of aryl methyl sites for hydroxylation is 1. The number of hydrogen-bond donors (Lipinski definition) is 2. The first-order chi connectivity index (χ1) is 7.24. The van der Waals surface area contributed by atoms with Crippen LogP contribution in [-0.2, 0) is 6.42 Å². The molecule has 0 aromatic heterocycles. The van der Waals surface area contributed by atoms with Crippen LogP contribution in [0.5, 0.6) is 0 Å². The van der Waals surface area contributed by atoms with Crippen molar-refractivity contribution >= 4 is 5.97 Å². The molecule has 80 valence electrons. The van der Waals surface area contributed by atoms with E-state index in [9.17, 15) is 4.79 Å². The van der Waals surface area contributed by atoms with Gasteiger partial charge in [0.25, 0.3) is 0 Å². The van der Waals surface area contributed by atoms with Crippen LogP contribution in [0.3, 0.4) is 0 Å². The fraction of sp³-hybridized carbons (Fsp3) is 0.417. The summed E-state index contributed by atoms with van der Waals surface area (Å²) in [5.41, 5.74) is 2.63. The molecule has 0 radical (unpaired) electrons. The summed E-state index contributed by atoms with van der Waals surface area (Å²) in [5, 5.41) is 12.4. The van der Waals surface area contributed by atoms with Gasteiger partial charge in [-0.2, -0.15) is 0 Å². The zero-order chi connectivity index (χ0) is 10.8. The highest BCUT2D eigenvalue weighted by molar-refractivity contribution is 5.90. The number of hydrogen-bond acceptors (Lipinski definition) is 2. The normalized spacial score (nSPS) is 18.9. The highest BCUT2D eigenvalue weighted by atomic mass is 16.4. The fourth-order valence-corrected chi connectivity index (χ4v) is 2.32. The van der Waals surface area contributed by atoms with Crippen molar-refractivity contribution in [3.05, 3.63) is 34.9 Å². The van der Waals surface area contributed by atoms with Crippen molar-refractivity contribution in [2.24, 2.45) is 0 Å². The van der Waals surface area contributed by atoms with Crippen LogP contribution in [0.25, 0.3) is 0 Å². The summed E-state index contributed by atoms with van der Waals surface area (Å²) >= 11 is 0. The maximum absolute atomic E-state index is 11.1. The monoisotopic (exact) mass is 205 g/mol. The van der Waals surface area contributed by atoms with E-state index in [1.165, 1.54) is 5.56 Å². The minimum atomic E-state index is -0.823. The maximum Gasteiger partial charge on any atom is 0.336 e. The van der Waals surface area contributed by atoms with Gasteiger partial charge in [-0.3, -0.25) is 0 Å². The molecule has 1 aromatic rings. The van der Waals surface area contributed by atoms with E-state index in [1.54, 1.807) is 6.07 Å². The van der Waals surface area contributed by atoms with Gasteiger partial charge in [0.15, 0.2) is 0 Å². The second kappa shape index (κ2) is 4.03. The van der Waals surface area contributed by atoms with Gasteiger partial charge in [0.05, 0.1) is 5.56 Å². The molecule has 1 aliphatic carbocycles. The van der Waals surface area contributed by atoms with Crippen molar-refractivity contribution in [3.63, 3.8) is 0 Å². The largest absolute Gasteiger partial charge is 0.478 e. The van der Waals surface area contributed by atoms with Gasteiger partial charge in [-0.05, 0) is 36.6 Å². The van der Waals surface area contributed by atoms with Crippen LogP contribution in [0.4, 0.5) is 0 Å². The summed E-state index contributed by atoms with van der Waals surface area (Å²) in [4.78, 5) is 11.1. The van der Waals surface area contributed by atoms with Crippen LogP contribution in [0.1, 0.15) is 40.9 Å². The lowest BCUT2D eigenvalue weighted by atomic mass is 10.0. The standard InChI is InChI=1S/C12H15NO2/c1-2-13-10-7-6-8-4-3-5-9(11(8)10)12(14)15/h3-5,10,13H,2,6-7H2,1H3,(H,14,15). The number of carboxylic acids is 1. The van der Waals surface area contributed by atoms with E-state index in [1.807, 2.05) is 19.1 Å². The predicted octanol–water partition coefficient (Wildman–Crippen LogP) is 1.98. The van der Waals surface area contributed by atoms with E-state index in [0.717, 1.165) is 24.9 Å². The van der Waals surface area contributed by atoms with Gasteiger partial charge in [0.2, 0.25) is 0 Å². The Bertz CT molecular complexity index is 385. The smallest absolute Gasteiger partial charge is 0.336 e. The molecule has 0 heterocycles. The molecule has 0 spiro atoms. The Balaban J connectivity index is 2.43. The molecule has 0 amide bonds. The summed E-state index contributed by atoms with van der Waals surface area (Å²) in [6, 6.07) is 5.77. The molecule has 0 saturated heterocycles. The van der Waals surface area contributed by atoms with Gasteiger partial charge in [0.1, 0.15) is 0 Å². The van der Waals surface area contributed by atoms with Crippen molar-refractivity contribution < 1.29 is 9.90 Å². The molecule has 0 aliphatic heterocycles. The van der Waals surface area contributed by atoms with E-state index in [0.29, 0.717) is 5.56 Å². The number of carbonyl (C=O) groups is 1.